The first kappa shape index (κ1) is 12.4. The van der Waals surface area contributed by atoms with Gasteiger partial charge in [-0.25, -0.2) is 9.37 Å². The zero-order valence-corrected chi connectivity index (χ0v) is 10.0. The minimum absolute atomic E-state index is 0.136. The van der Waals surface area contributed by atoms with Crippen molar-refractivity contribution in [2.75, 3.05) is 16.8 Å². The van der Waals surface area contributed by atoms with Crippen molar-refractivity contribution in [1.29, 1.82) is 0 Å². The van der Waals surface area contributed by atoms with Crippen LogP contribution in [-0.2, 0) is 4.79 Å². The van der Waals surface area contributed by atoms with Gasteiger partial charge in [0.1, 0.15) is 12.1 Å². The molecule has 0 aliphatic carbocycles. The van der Waals surface area contributed by atoms with Crippen molar-refractivity contribution in [1.82, 2.24) is 4.98 Å². The highest BCUT2D eigenvalue weighted by Gasteiger charge is 2.08. The molecule has 1 amide bonds. The van der Waals surface area contributed by atoms with Crippen molar-refractivity contribution in [3.63, 3.8) is 0 Å². The number of hydrogen-bond donors (Lipinski definition) is 2. The minimum atomic E-state index is -0.445. The van der Waals surface area contributed by atoms with E-state index in [0.717, 1.165) is 17.8 Å². The highest BCUT2D eigenvalue weighted by atomic mass is 32.2. The predicted octanol–water partition coefficient (Wildman–Crippen LogP) is 2.13. The van der Waals surface area contributed by atoms with Gasteiger partial charge in [0.05, 0.1) is 23.3 Å². The van der Waals surface area contributed by atoms with Crippen molar-refractivity contribution in [3.8, 4) is 0 Å². The number of carbonyl (C=O) groups excluding carboxylic acids is 1. The molecule has 2 aromatic rings. The molecule has 0 saturated carbocycles. The Hall–Kier alpha value is -2.02. The molecular formula is C11H10FN3O2S. The first-order valence-electron chi connectivity index (χ1n) is 5.02. The number of nitrogens with zero attached hydrogens (tertiary/aromatic N) is 1. The van der Waals surface area contributed by atoms with Crippen molar-refractivity contribution < 1.29 is 13.6 Å². The molecule has 1 aromatic heterocycles. The van der Waals surface area contributed by atoms with Gasteiger partial charge in [0.15, 0.2) is 0 Å². The number of amides is 1. The van der Waals surface area contributed by atoms with Crippen LogP contribution in [0.4, 0.5) is 15.8 Å². The molecule has 0 aliphatic heterocycles. The van der Waals surface area contributed by atoms with Gasteiger partial charge in [-0.2, -0.15) is 0 Å². The molecule has 0 unspecified atom stereocenters. The maximum Gasteiger partial charge on any atom is 0.256 e. The van der Waals surface area contributed by atoms with E-state index in [1.807, 2.05) is 0 Å². The second-order valence-corrected chi connectivity index (χ2v) is 4.29. The van der Waals surface area contributed by atoms with Crippen molar-refractivity contribution in [2.45, 2.75) is 5.22 Å². The Morgan fingerprint density at radius 1 is 1.56 bits per heavy atom. The van der Waals surface area contributed by atoms with Crippen molar-refractivity contribution >= 4 is 29.0 Å². The van der Waals surface area contributed by atoms with Crippen LogP contribution in [0.1, 0.15) is 0 Å². The number of rotatable bonds is 4. The van der Waals surface area contributed by atoms with Crippen molar-refractivity contribution in [2.24, 2.45) is 0 Å². The first-order valence-corrected chi connectivity index (χ1v) is 6.01. The van der Waals surface area contributed by atoms with E-state index in [9.17, 15) is 9.18 Å². The third-order valence-corrected chi connectivity index (χ3v) is 2.88. The Kier molecular flexibility index (Phi) is 3.83. The van der Waals surface area contributed by atoms with Crippen LogP contribution in [0.3, 0.4) is 0 Å². The number of aromatic nitrogens is 1. The molecule has 0 bridgehead atoms. The molecular weight excluding hydrogens is 257 g/mol. The molecule has 1 aromatic carbocycles. The van der Waals surface area contributed by atoms with Crippen LogP contribution in [0, 0.1) is 5.82 Å². The van der Waals surface area contributed by atoms with Crippen LogP contribution in [0.5, 0.6) is 0 Å². The molecule has 0 radical (unpaired) electrons. The molecule has 1 heterocycles. The van der Waals surface area contributed by atoms with Gasteiger partial charge < -0.3 is 15.5 Å². The van der Waals surface area contributed by atoms with Gasteiger partial charge >= 0.3 is 0 Å². The largest absolute Gasteiger partial charge is 0.440 e. The average Bonchev–Trinajstić information content (AvgIpc) is 2.83. The van der Waals surface area contributed by atoms with E-state index in [1.54, 1.807) is 0 Å². The third kappa shape index (κ3) is 3.24. The summed E-state index contributed by atoms with van der Waals surface area (Å²) in [4.78, 5) is 15.5. The number of anilines is 2. The maximum atomic E-state index is 12.8. The number of nitrogen functional groups attached to an aromatic ring is 1. The fraction of sp³-hybridized carbons (Fsp3) is 0.0909. The Labute approximate surface area is 107 Å². The van der Waals surface area contributed by atoms with E-state index in [4.69, 9.17) is 10.2 Å². The molecule has 0 aliphatic rings. The lowest BCUT2D eigenvalue weighted by Gasteiger charge is -2.07. The molecule has 0 atom stereocenters. The number of carbonyl (C=O) groups is 1. The topological polar surface area (TPSA) is 81.1 Å². The number of benzene rings is 1. The number of nitrogens with two attached hydrogens (primary N) is 1. The lowest BCUT2D eigenvalue weighted by molar-refractivity contribution is -0.113. The second kappa shape index (κ2) is 5.54. The lowest BCUT2D eigenvalue weighted by Crippen LogP contribution is -2.15. The van der Waals surface area contributed by atoms with E-state index in [1.165, 1.54) is 24.6 Å². The van der Waals surface area contributed by atoms with E-state index < -0.39 is 5.82 Å². The Balaban J connectivity index is 1.91. The van der Waals surface area contributed by atoms with Crippen LogP contribution in [-0.4, -0.2) is 16.6 Å². The summed E-state index contributed by atoms with van der Waals surface area (Å²) >= 11 is 1.16. The van der Waals surface area contributed by atoms with Crippen LogP contribution in [0.2, 0.25) is 0 Å². The number of oxazole rings is 1. The minimum Gasteiger partial charge on any atom is -0.440 e. The molecule has 0 fully saturated rings. The van der Waals surface area contributed by atoms with Gasteiger partial charge in [-0.3, -0.25) is 4.79 Å². The average molecular weight is 267 g/mol. The fourth-order valence-electron chi connectivity index (χ4n) is 1.24. The summed E-state index contributed by atoms with van der Waals surface area (Å²) in [5.41, 5.74) is 6.14. The maximum absolute atomic E-state index is 12.8. The SMILES string of the molecule is Nc1cc(F)ccc1NC(=O)CSc1ncco1. The smallest absolute Gasteiger partial charge is 0.256 e. The van der Waals surface area contributed by atoms with Gasteiger partial charge in [-0.15, -0.1) is 0 Å². The summed E-state index contributed by atoms with van der Waals surface area (Å²) in [5.74, 6) is -0.576. The van der Waals surface area contributed by atoms with E-state index in [0.29, 0.717) is 10.9 Å². The van der Waals surface area contributed by atoms with Crippen LogP contribution in [0.15, 0.2) is 40.3 Å². The molecule has 3 N–H and O–H groups in total. The number of hydrogen-bond acceptors (Lipinski definition) is 5. The summed E-state index contributed by atoms with van der Waals surface area (Å²) < 4.78 is 17.8. The summed E-state index contributed by atoms with van der Waals surface area (Å²) in [6.45, 7) is 0. The number of thioether (sulfide) groups is 1. The summed E-state index contributed by atoms with van der Waals surface area (Å²) in [6, 6.07) is 3.79. The standard InChI is InChI=1S/C11H10FN3O2S/c12-7-1-2-9(8(13)5-7)15-10(16)6-18-11-14-3-4-17-11/h1-5H,6,13H2,(H,15,16). The van der Waals surface area contributed by atoms with Gasteiger partial charge in [-0.1, -0.05) is 11.8 Å². The first-order chi connectivity index (χ1) is 8.65. The Morgan fingerprint density at radius 3 is 3.06 bits per heavy atom. The summed E-state index contributed by atoms with van der Waals surface area (Å²) in [6.07, 6.45) is 2.93. The molecule has 0 saturated heterocycles. The van der Waals surface area contributed by atoms with E-state index in [-0.39, 0.29) is 17.3 Å². The lowest BCUT2D eigenvalue weighted by atomic mass is 10.2. The quantitative estimate of drug-likeness (QED) is 0.655. The van der Waals surface area contributed by atoms with Crippen LogP contribution >= 0.6 is 11.8 Å². The molecule has 18 heavy (non-hydrogen) atoms. The predicted molar refractivity (Wildman–Crippen MR) is 66.7 cm³/mol. The van der Waals surface area contributed by atoms with Gasteiger partial charge in [-0.05, 0) is 18.2 Å². The van der Waals surface area contributed by atoms with Gasteiger partial charge in [0.2, 0.25) is 5.91 Å². The molecule has 5 nitrogen and oxygen atoms in total. The van der Waals surface area contributed by atoms with E-state index in [2.05, 4.69) is 10.3 Å². The van der Waals surface area contributed by atoms with E-state index >= 15 is 0 Å². The van der Waals surface area contributed by atoms with Crippen LogP contribution < -0.4 is 11.1 Å². The highest BCUT2D eigenvalue weighted by Crippen LogP contribution is 2.20. The Morgan fingerprint density at radius 2 is 2.39 bits per heavy atom. The highest BCUT2D eigenvalue weighted by molar-refractivity contribution is 7.99. The normalized spacial score (nSPS) is 10.3. The summed E-state index contributed by atoms with van der Waals surface area (Å²) in [5, 5.41) is 2.99. The monoisotopic (exact) mass is 267 g/mol. The van der Waals surface area contributed by atoms with Gasteiger partial charge in [0, 0.05) is 0 Å². The molecule has 2 rings (SSSR count). The molecule has 0 spiro atoms. The zero-order valence-electron chi connectivity index (χ0n) is 9.22. The van der Waals surface area contributed by atoms with Crippen molar-refractivity contribution in [3.05, 3.63) is 36.5 Å². The third-order valence-electron chi connectivity index (χ3n) is 2.02. The Bertz CT molecular complexity index is 545. The molecule has 7 heteroatoms. The second-order valence-electron chi connectivity index (χ2n) is 3.37. The molecule has 94 valence electrons. The van der Waals surface area contributed by atoms with Crippen LogP contribution in [0.25, 0.3) is 0 Å². The van der Waals surface area contributed by atoms with Gasteiger partial charge in [0.25, 0.3) is 5.22 Å². The fourth-order valence-corrected chi connectivity index (χ4v) is 1.83. The zero-order chi connectivity index (χ0) is 13.0. The number of nitrogens with one attached hydrogen (secondary N) is 1. The number of halogens is 1. The summed E-state index contributed by atoms with van der Waals surface area (Å²) in [7, 11) is 0.